The minimum atomic E-state index is -0.269. The molecule has 1 N–H and O–H groups in total. The standard InChI is InChI=1S/C21H28FNO3/c1-6-8-18(23-26-7-2)21-19(24)9-15(10-20(21)25)16-11-17(22)14(5)12(3)13(16)4/h11,15,24H,6-10H2,1-5H3. The quantitative estimate of drug-likeness (QED) is 0.559. The van der Waals surface area contributed by atoms with Gasteiger partial charge >= 0.3 is 0 Å². The molecule has 26 heavy (non-hydrogen) atoms. The van der Waals surface area contributed by atoms with Gasteiger partial charge in [-0.3, -0.25) is 4.79 Å². The zero-order valence-corrected chi connectivity index (χ0v) is 16.3. The summed E-state index contributed by atoms with van der Waals surface area (Å²) in [5.74, 6) is -0.635. The zero-order valence-electron chi connectivity index (χ0n) is 16.3. The maximum atomic E-state index is 14.2. The van der Waals surface area contributed by atoms with E-state index in [0.29, 0.717) is 30.7 Å². The monoisotopic (exact) mass is 361 g/mol. The van der Waals surface area contributed by atoms with Crippen LogP contribution in [-0.2, 0) is 9.63 Å². The van der Waals surface area contributed by atoms with Crippen LogP contribution >= 0.6 is 0 Å². The van der Waals surface area contributed by atoms with Gasteiger partial charge in [0.25, 0.3) is 0 Å². The van der Waals surface area contributed by atoms with Crippen molar-refractivity contribution in [3.05, 3.63) is 45.5 Å². The van der Waals surface area contributed by atoms with Gasteiger partial charge in [-0.2, -0.15) is 0 Å². The number of carbonyl (C=O) groups excluding carboxylic acids is 1. The van der Waals surface area contributed by atoms with E-state index in [1.165, 1.54) is 6.07 Å². The maximum Gasteiger partial charge on any atom is 0.168 e. The molecule has 0 fully saturated rings. The summed E-state index contributed by atoms with van der Waals surface area (Å²) in [6.45, 7) is 9.78. The summed E-state index contributed by atoms with van der Waals surface area (Å²) in [5, 5.41) is 14.6. The molecule has 0 heterocycles. The maximum absolute atomic E-state index is 14.2. The van der Waals surface area contributed by atoms with Crippen LogP contribution in [0.2, 0.25) is 0 Å². The first-order chi connectivity index (χ1) is 12.3. The second kappa shape index (κ2) is 8.47. The van der Waals surface area contributed by atoms with Crippen molar-refractivity contribution in [1.29, 1.82) is 0 Å². The number of rotatable bonds is 6. The SMILES string of the molecule is CCCC(=NOCC)C1=C(O)CC(c2cc(F)c(C)c(C)c2C)CC1=O. The van der Waals surface area contributed by atoms with Gasteiger partial charge in [0.15, 0.2) is 5.78 Å². The molecule has 4 nitrogen and oxygen atoms in total. The molecule has 0 spiro atoms. The summed E-state index contributed by atoms with van der Waals surface area (Å²) in [6.07, 6.45) is 1.89. The molecular weight excluding hydrogens is 333 g/mol. The van der Waals surface area contributed by atoms with Crippen molar-refractivity contribution in [2.24, 2.45) is 5.16 Å². The fourth-order valence-electron chi connectivity index (χ4n) is 3.49. The average Bonchev–Trinajstić information content (AvgIpc) is 2.60. The molecule has 0 aromatic heterocycles. The van der Waals surface area contributed by atoms with Gasteiger partial charge in [-0.1, -0.05) is 18.5 Å². The summed E-state index contributed by atoms with van der Waals surface area (Å²) >= 11 is 0. The van der Waals surface area contributed by atoms with Crippen molar-refractivity contribution in [3.8, 4) is 0 Å². The van der Waals surface area contributed by atoms with Crippen LogP contribution in [-0.4, -0.2) is 23.2 Å². The predicted molar refractivity (Wildman–Crippen MR) is 101 cm³/mol. The van der Waals surface area contributed by atoms with E-state index in [4.69, 9.17) is 4.84 Å². The van der Waals surface area contributed by atoms with Gasteiger partial charge in [0.05, 0.1) is 11.3 Å². The molecule has 1 aromatic rings. The topological polar surface area (TPSA) is 58.9 Å². The Morgan fingerprint density at radius 1 is 1.23 bits per heavy atom. The minimum Gasteiger partial charge on any atom is -0.511 e. The van der Waals surface area contributed by atoms with E-state index < -0.39 is 0 Å². The van der Waals surface area contributed by atoms with Crippen LogP contribution < -0.4 is 0 Å². The van der Waals surface area contributed by atoms with Crippen LogP contribution in [0.25, 0.3) is 0 Å². The number of hydrogen-bond donors (Lipinski definition) is 1. The van der Waals surface area contributed by atoms with Gasteiger partial charge in [0, 0.05) is 12.8 Å². The van der Waals surface area contributed by atoms with E-state index in [1.807, 2.05) is 27.7 Å². The second-order valence-corrected chi connectivity index (χ2v) is 6.88. The van der Waals surface area contributed by atoms with Crippen molar-refractivity contribution in [2.45, 2.75) is 66.2 Å². The number of ketones is 1. The summed E-state index contributed by atoms with van der Waals surface area (Å²) in [6, 6.07) is 1.51. The van der Waals surface area contributed by atoms with E-state index in [2.05, 4.69) is 5.16 Å². The average molecular weight is 361 g/mol. The molecule has 1 unspecified atom stereocenters. The first-order valence-corrected chi connectivity index (χ1v) is 9.22. The summed E-state index contributed by atoms with van der Waals surface area (Å²) in [4.78, 5) is 17.9. The van der Waals surface area contributed by atoms with Crippen LogP contribution in [0.5, 0.6) is 0 Å². The molecular formula is C21H28FNO3. The first kappa shape index (κ1) is 20.1. The summed E-state index contributed by atoms with van der Waals surface area (Å²) in [7, 11) is 0. The highest BCUT2D eigenvalue weighted by atomic mass is 19.1. The molecule has 5 heteroatoms. The normalized spacial score (nSPS) is 18.5. The van der Waals surface area contributed by atoms with E-state index >= 15 is 0 Å². The number of aliphatic hydroxyl groups is 1. The van der Waals surface area contributed by atoms with E-state index in [9.17, 15) is 14.3 Å². The highest BCUT2D eigenvalue weighted by molar-refractivity contribution is 6.23. The van der Waals surface area contributed by atoms with Crippen LogP contribution in [0, 0.1) is 26.6 Å². The number of halogens is 1. The number of benzene rings is 1. The van der Waals surface area contributed by atoms with Crippen molar-refractivity contribution in [2.75, 3.05) is 6.61 Å². The Balaban J connectivity index is 2.41. The number of aliphatic hydroxyl groups excluding tert-OH is 1. The van der Waals surface area contributed by atoms with Crippen molar-refractivity contribution < 1.29 is 19.1 Å². The Bertz CT molecular complexity index is 765. The molecule has 142 valence electrons. The van der Waals surface area contributed by atoms with Crippen molar-refractivity contribution in [3.63, 3.8) is 0 Å². The van der Waals surface area contributed by atoms with Gasteiger partial charge in [-0.15, -0.1) is 0 Å². The predicted octanol–water partition coefficient (Wildman–Crippen LogP) is 5.20. The van der Waals surface area contributed by atoms with E-state index in [0.717, 1.165) is 23.1 Å². The van der Waals surface area contributed by atoms with Gasteiger partial charge in [0.1, 0.15) is 18.2 Å². The Morgan fingerprint density at radius 2 is 1.92 bits per heavy atom. The van der Waals surface area contributed by atoms with Crippen LogP contribution in [0.1, 0.15) is 67.7 Å². The van der Waals surface area contributed by atoms with Crippen molar-refractivity contribution >= 4 is 11.5 Å². The Labute approximate surface area is 154 Å². The summed E-state index contributed by atoms with van der Waals surface area (Å²) in [5.41, 5.74) is 4.07. The Hall–Kier alpha value is -2.17. The number of nitrogens with zero attached hydrogens (tertiary/aromatic N) is 1. The van der Waals surface area contributed by atoms with Crippen LogP contribution in [0.4, 0.5) is 4.39 Å². The summed E-state index contributed by atoms with van der Waals surface area (Å²) < 4.78 is 14.2. The third kappa shape index (κ3) is 3.97. The molecule has 0 amide bonds. The zero-order chi connectivity index (χ0) is 19.4. The number of hydrogen-bond acceptors (Lipinski definition) is 4. The molecule has 2 rings (SSSR count). The van der Waals surface area contributed by atoms with Gasteiger partial charge in [-0.05, 0) is 68.4 Å². The third-order valence-corrected chi connectivity index (χ3v) is 5.16. The number of carbonyl (C=O) groups is 1. The van der Waals surface area contributed by atoms with E-state index in [1.54, 1.807) is 6.92 Å². The highest BCUT2D eigenvalue weighted by Crippen LogP contribution is 2.37. The second-order valence-electron chi connectivity index (χ2n) is 6.88. The lowest BCUT2D eigenvalue weighted by atomic mass is 9.78. The van der Waals surface area contributed by atoms with Crippen LogP contribution in [0.15, 0.2) is 22.6 Å². The molecule has 0 saturated heterocycles. The molecule has 1 aliphatic carbocycles. The largest absolute Gasteiger partial charge is 0.511 e. The lowest BCUT2D eigenvalue weighted by Gasteiger charge is -2.26. The van der Waals surface area contributed by atoms with Crippen LogP contribution in [0.3, 0.4) is 0 Å². The smallest absolute Gasteiger partial charge is 0.168 e. The van der Waals surface area contributed by atoms with Gasteiger partial charge in [0.2, 0.25) is 0 Å². The van der Waals surface area contributed by atoms with Gasteiger partial charge < -0.3 is 9.94 Å². The fourth-order valence-corrected chi connectivity index (χ4v) is 3.49. The molecule has 0 saturated carbocycles. The highest BCUT2D eigenvalue weighted by Gasteiger charge is 2.32. The molecule has 1 atom stereocenters. The van der Waals surface area contributed by atoms with E-state index in [-0.39, 0.29) is 35.3 Å². The van der Waals surface area contributed by atoms with Gasteiger partial charge in [-0.25, -0.2) is 4.39 Å². The lowest BCUT2D eigenvalue weighted by molar-refractivity contribution is -0.116. The first-order valence-electron chi connectivity index (χ1n) is 9.22. The lowest BCUT2D eigenvalue weighted by Crippen LogP contribution is -2.24. The molecule has 1 aromatic carbocycles. The number of oxime groups is 1. The Morgan fingerprint density at radius 3 is 2.50 bits per heavy atom. The molecule has 0 bridgehead atoms. The molecule has 0 aliphatic heterocycles. The van der Waals surface area contributed by atoms with Crippen molar-refractivity contribution in [1.82, 2.24) is 0 Å². The molecule has 1 aliphatic rings. The fraction of sp³-hybridized carbons (Fsp3) is 0.524. The third-order valence-electron chi connectivity index (χ3n) is 5.16. The Kier molecular flexibility index (Phi) is 6.57. The number of Topliss-reactive ketones (excluding diaryl/α,β-unsaturated/α-hetero) is 1. The minimum absolute atomic E-state index is 0.0242. The molecule has 0 radical (unpaired) electrons. The number of allylic oxidation sites excluding steroid dienone is 2.